The minimum Gasteiger partial charge on any atom is -0.477 e. The van der Waals surface area contributed by atoms with Gasteiger partial charge < -0.3 is 5.11 Å². The Morgan fingerprint density at radius 2 is 2.14 bits per heavy atom. The molecule has 1 rings (SSSR count). The Balaban J connectivity index is 3.31. The maximum atomic E-state index is 11.4. The van der Waals surface area contributed by atoms with Crippen molar-refractivity contribution >= 4 is 27.3 Å². The lowest BCUT2D eigenvalue weighted by atomic mass is 10.4. The quantitative estimate of drug-likeness (QED) is 0.806. The number of hydrogen-bond donors (Lipinski definition) is 2. The van der Waals surface area contributed by atoms with Gasteiger partial charge in [-0.3, -0.25) is 0 Å². The molecule has 0 amide bonds. The van der Waals surface area contributed by atoms with Crippen LogP contribution >= 0.6 is 11.3 Å². The lowest BCUT2D eigenvalue weighted by Crippen LogP contribution is -2.18. The molecule has 7 heteroatoms. The minimum absolute atomic E-state index is 0.0244. The van der Waals surface area contributed by atoms with Crippen LogP contribution in [0.3, 0.4) is 0 Å². The monoisotopic (exact) mass is 235 g/mol. The molecule has 5 nitrogen and oxygen atoms in total. The van der Waals surface area contributed by atoms with Gasteiger partial charge in [0.1, 0.15) is 4.88 Å². The molecule has 0 spiro atoms. The molecule has 14 heavy (non-hydrogen) atoms. The molecule has 0 atom stereocenters. The Labute approximate surface area is 85.4 Å². The van der Waals surface area contributed by atoms with E-state index in [2.05, 4.69) is 4.72 Å². The molecule has 1 aromatic heterocycles. The molecule has 0 radical (unpaired) electrons. The number of aryl methyl sites for hydroxylation is 1. The summed E-state index contributed by atoms with van der Waals surface area (Å²) in [4.78, 5) is 11.1. The molecule has 0 aliphatic heterocycles. The number of nitrogens with one attached hydrogen (secondary N) is 1. The van der Waals surface area contributed by atoms with Gasteiger partial charge in [-0.2, -0.15) is 0 Å². The van der Waals surface area contributed by atoms with Crippen molar-refractivity contribution in [3.63, 3.8) is 0 Å². The molecule has 2 N–H and O–H groups in total. The summed E-state index contributed by atoms with van der Waals surface area (Å²) < 4.78 is 24.9. The van der Waals surface area contributed by atoms with E-state index >= 15 is 0 Å². The molecule has 0 aliphatic carbocycles. The standard InChI is InChI=1S/C7H9NO4S2/c1-4-6(14(11,12)8-2)3-5(13-4)7(9)10/h3,8H,1-2H3,(H,9,10). The Bertz CT molecular complexity index is 460. The second kappa shape index (κ2) is 3.68. The van der Waals surface area contributed by atoms with Crippen molar-refractivity contribution in [2.75, 3.05) is 7.05 Å². The lowest BCUT2D eigenvalue weighted by Gasteiger charge is -1.98. The van der Waals surface area contributed by atoms with Crippen LogP contribution in [0.5, 0.6) is 0 Å². The van der Waals surface area contributed by atoms with Crippen LogP contribution in [-0.2, 0) is 10.0 Å². The summed E-state index contributed by atoms with van der Waals surface area (Å²) in [7, 11) is -2.26. The van der Waals surface area contributed by atoms with E-state index in [0.29, 0.717) is 4.88 Å². The van der Waals surface area contributed by atoms with Gasteiger partial charge in [-0.15, -0.1) is 11.3 Å². The summed E-state index contributed by atoms with van der Waals surface area (Å²) in [5, 5.41) is 8.66. The molecule has 0 aromatic carbocycles. The van der Waals surface area contributed by atoms with Crippen LogP contribution in [-0.4, -0.2) is 26.5 Å². The predicted octanol–water partition coefficient (Wildman–Crippen LogP) is 0.663. The van der Waals surface area contributed by atoms with Crippen molar-refractivity contribution < 1.29 is 18.3 Å². The summed E-state index contributed by atoms with van der Waals surface area (Å²) in [6, 6.07) is 1.16. The normalized spacial score (nSPS) is 11.6. The highest BCUT2D eigenvalue weighted by Crippen LogP contribution is 2.25. The zero-order valence-corrected chi connectivity index (χ0v) is 9.20. The highest BCUT2D eigenvalue weighted by atomic mass is 32.2. The first-order valence-electron chi connectivity index (χ1n) is 3.65. The highest BCUT2D eigenvalue weighted by Gasteiger charge is 2.20. The van der Waals surface area contributed by atoms with Crippen molar-refractivity contribution in [2.24, 2.45) is 0 Å². The number of rotatable bonds is 3. The topological polar surface area (TPSA) is 83.5 Å². The van der Waals surface area contributed by atoms with Crippen LogP contribution in [0.25, 0.3) is 0 Å². The van der Waals surface area contributed by atoms with Crippen molar-refractivity contribution in [1.82, 2.24) is 4.72 Å². The van der Waals surface area contributed by atoms with Crippen LogP contribution < -0.4 is 4.72 Å². The van der Waals surface area contributed by atoms with Gasteiger partial charge in [-0.1, -0.05) is 0 Å². The number of aromatic carboxylic acids is 1. The van der Waals surface area contributed by atoms with Crippen LogP contribution in [0.15, 0.2) is 11.0 Å². The fourth-order valence-corrected chi connectivity index (χ4v) is 3.10. The maximum Gasteiger partial charge on any atom is 0.345 e. The molecular formula is C7H9NO4S2. The first-order chi connectivity index (χ1) is 6.38. The first-order valence-corrected chi connectivity index (χ1v) is 5.95. The predicted molar refractivity (Wildman–Crippen MR) is 52.3 cm³/mol. The fourth-order valence-electron chi connectivity index (χ4n) is 0.948. The number of hydrogen-bond acceptors (Lipinski definition) is 4. The molecule has 1 aromatic rings. The Kier molecular flexibility index (Phi) is 2.93. The summed E-state index contributed by atoms with van der Waals surface area (Å²) in [5.74, 6) is -1.12. The zero-order chi connectivity index (χ0) is 10.9. The summed E-state index contributed by atoms with van der Waals surface area (Å²) in [5.41, 5.74) is 0. The number of carbonyl (C=O) groups is 1. The van der Waals surface area contributed by atoms with E-state index in [1.165, 1.54) is 7.05 Å². The van der Waals surface area contributed by atoms with Gasteiger partial charge in [-0.05, 0) is 20.0 Å². The SMILES string of the molecule is CNS(=O)(=O)c1cc(C(=O)O)sc1C. The number of sulfonamides is 1. The van der Waals surface area contributed by atoms with Crippen molar-refractivity contribution in [3.05, 3.63) is 15.8 Å². The third-order valence-electron chi connectivity index (χ3n) is 1.64. The van der Waals surface area contributed by atoms with Crippen LogP contribution in [0.2, 0.25) is 0 Å². The lowest BCUT2D eigenvalue weighted by molar-refractivity contribution is 0.0702. The first kappa shape index (κ1) is 11.2. The van der Waals surface area contributed by atoms with Crippen LogP contribution in [0.4, 0.5) is 0 Å². The Hall–Kier alpha value is -0.920. The van der Waals surface area contributed by atoms with Gasteiger partial charge >= 0.3 is 5.97 Å². The second-order valence-electron chi connectivity index (χ2n) is 2.54. The van der Waals surface area contributed by atoms with E-state index in [4.69, 9.17) is 5.11 Å². The Morgan fingerprint density at radius 1 is 1.57 bits per heavy atom. The molecule has 0 saturated heterocycles. The van der Waals surface area contributed by atoms with E-state index in [0.717, 1.165) is 17.4 Å². The summed E-state index contributed by atoms with van der Waals surface area (Å²) >= 11 is 0.946. The van der Waals surface area contributed by atoms with Gasteiger partial charge in [0.25, 0.3) is 0 Å². The molecule has 0 bridgehead atoms. The van der Waals surface area contributed by atoms with Crippen LogP contribution in [0.1, 0.15) is 14.5 Å². The maximum absolute atomic E-state index is 11.4. The van der Waals surface area contributed by atoms with E-state index in [-0.39, 0.29) is 9.77 Å². The molecule has 1 heterocycles. The smallest absolute Gasteiger partial charge is 0.345 e. The molecular weight excluding hydrogens is 226 g/mol. The third kappa shape index (κ3) is 1.94. The van der Waals surface area contributed by atoms with E-state index < -0.39 is 16.0 Å². The van der Waals surface area contributed by atoms with Gasteiger partial charge in [0.05, 0.1) is 4.90 Å². The summed E-state index contributed by atoms with van der Waals surface area (Å²) in [6.07, 6.45) is 0. The average molecular weight is 235 g/mol. The molecule has 0 aliphatic rings. The van der Waals surface area contributed by atoms with Gasteiger partial charge in [0.2, 0.25) is 10.0 Å². The van der Waals surface area contributed by atoms with E-state index in [1.807, 2.05) is 0 Å². The van der Waals surface area contributed by atoms with E-state index in [1.54, 1.807) is 6.92 Å². The van der Waals surface area contributed by atoms with Gasteiger partial charge in [-0.25, -0.2) is 17.9 Å². The van der Waals surface area contributed by atoms with Crippen molar-refractivity contribution in [3.8, 4) is 0 Å². The van der Waals surface area contributed by atoms with Crippen LogP contribution in [0, 0.1) is 6.92 Å². The summed E-state index contributed by atoms with van der Waals surface area (Å²) in [6.45, 7) is 1.57. The number of thiophene rings is 1. The van der Waals surface area contributed by atoms with E-state index in [9.17, 15) is 13.2 Å². The molecule has 0 fully saturated rings. The molecule has 0 saturated carbocycles. The molecule has 78 valence electrons. The minimum atomic E-state index is -3.54. The number of carboxylic acid groups (broad SMARTS) is 1. The second-order valence-corrected chi connectivity index (χ2v) is 5.66. The zero-order valence-electron chi connectivity index (χ0n) is 7.57. The third-order valence-corrected chi connectivity index (χ3v) is 4.35. The van der Waals surface area contributed by atoms with Crippen molar-refractivity contribution in [1.29, 1.82) is 0 Å². The number of carboxylic acids is 1. The Morgan fingerprint density at radius 3 is 2.50 bits per heavy atom. The largest absolute Gasteiger partial charge is 0.477 e. The molecule has 0 unspecified atom stereocenters. The van der Waals surface area contributed by atoms with Crippen molar-refractivity contribution in [2.45, 2.75) is 11.8 Å². The average Bonchev–Trinajstić information content (AvgIpc) is 2.48. The van der Waals surface area contributed by atoms with Gasteiger partial charge in [0.15, 0.2) is 0 Å². The highest BCUT2D eigenvalue weighted by molar-refractivity contribution is 7.89. The van der Waals surface area contributed by atoms with Gasteiger partial charge in [0, 0.05) is 4.88 Å². The fraction of sp³-hybridized carbons (Fsp3) is 0.286.